The van der Waals surface area contributed by atoms with Gasteiger partial charge in [-0.25, -0.2) is 18.9 Å². The first-order valence-electron chi connectivity index (χ1n) is 7.92. The van der Waals surface area contributed by atoms with Gasteiger partial charge in [-0.1, -0.05) is 6.58 Å². The molecule has 0 saturated carbocycles. The molecule has 2 bridgehead atoms. The van der Waals surface area contributed by atoms with Gasteiger partial charge in [-0.05, 0) is 19.1 Å². The minimum atomic E-state index is -0.408. The minimum absolute atomic E-state index is 0.184. The lowest BCUT2D eigenvalue weighted by Crippen LogP contribution is -2.28. The van der Waals surface area contributed by atoms with E-state index in [-0.39, 0.29) is 6.10 Å². The average molecular weight is 340 g/mol. The quantitative estimate of drug-likeness (QED) is 0.653. The van der Waals surface area contributed by atoms with E-state index in [0.29, 0.717) is 41.7 Å². The van der Waals surface area contributed by atoms with Gasteiger partial charge in [0, 0.05) is 24.0 Å². The Kier molecular flexibility index (Phi) is 3.72. The second-order valence-corrected chi connectivity index (χ2v) is 5.90. The smallest absolute Gasteiger partial charge is 0.218 e. The van der Waals surface area contributed by atoms with E-state index in [1.165, 1.54) is 6.07 Å². The number of aromatic nitrogens is 4. The van der Waals surface area contributed by atoms with E-state index < -0.39 is 5.82 Å². The van der Waals surface area contributed by atoms with Gasteiger partial charge in [0.25, 0.3) is 0 Å². The summed E-state index contributed by atoms with van der Waals surface area (Å²) in [4.78, 5) is 8.65. The summed E-state index contributed by atoms with van der Waals surface area (Å²) in [5.74, 6) is 0.635. The zero-order valence-electron chi connectivity index (χ0n) is 13.7. The number of anilines is 1. The van der Waals surface area contributed by atoms with E-state index in [0.717, 1.165) is 11.8 Å². The van der Waals surface area contributed by atoms with Crippen molar-refractivity contribution in [3.63, 3.8) is 0 Å². The maximum absolute atomic E-state index is 13.6. The predicted octanol–water partition coefficient (Wildman–Crippen LogP) is 2.22. The van der Waals surface area contributed by atoms with Crippen LogP contribution in [0.1, 0.15) is 18.1 Å². The molecule has 128 valence electrons. The SMILES string of the molecule is C=C1NCC(C)Oc2ncc(F)cc2CNc2ccn3ncc1c3n2. The first kappa shape index (κ1) is 15.4. The first-order chi connectivity index (χ1) is 12.1. The van der Waals surface area contributed by atoms with Crippen molar-refractivity contribution in [1.82, 2.24) is 24.9 Å². The fourth-order valence-corrected chi connectivity index (χ4v) is 2.66. The lowest BCUT2D eigenvalue weighted by Gasteiger charge is -2.18. The molecule has 0 saturated heterocycles. The molecule has 0 aromatic carbocycles. The van der Waals surface area contributed by atoms with E-state index in [2.05, 4.69) is 32.3 Å². The van der Waals surface area contributed by atoms with E-state index in [1.54, 1.807) is 16.8 Å². The van der Waals surface area contributed by atoms with Crippen LogP contribution in [0.15, 0.2) is 37.3 Å². The Hall–Kier alpha value is -3.16. The lowest BCUT2D eigenvalue weighted by molar-refractivity contribution is 0.212. The molecule has 1 atom stereocenters. The Labute approximate surface area is 143 Å². The molecule has 0 fully saturated rings. The zero-order chi connectivity index (χ0) is 17.4. The Bertz CT molecular complexity index is 953. The lowest BCUT2D eigenvalue weighted by atomic mass is 10.2. The van der Waals surface area contributed by atoms with Crippen LogP contribution in [0.25, 0.3) is 11.3 Å². The fraction of sp³-hybridized carbons (Fsp3) is 0.235. The van der Waals surface area contributed by atoms with Crippen molar-refractivity contribution in [2.24, 2.45) is 0 Å². The topological polar surface area (TPSA) is 76.4 Å². The molecular weight excluding hydrogens is 323 g/mol. The third kappa shape index (κ3) is 2.98. The van der Waals surface area contributed by atoms with Crippen molar-refractivity contribution < 1.29 is 9.13 Å². The molecule has 1 aliphatic heterocycles. The van der Waals surface area contributed by atoms with Gasteiger partial charge in [0.15, 0.2) is 5.65 Å². The van der Waals surface area contributed by atoms with Gasteiger partial charge in [0.2, 0.25) is 5.88 Å². The molecule has 0 radical (unpaired) electrons. The van der Waals surface area contributed by atoms with E-state index in [9.17, 15) is 4.39 Å². The van der Waals surface area contributed by atoms with Gasteiger partial charge >= 0.3 is 0 Å². The Balaban J connectivity index is 1.77. The number of hydrogen-bond acceptors (Lipinski definition) is 6. The highest BCUT2D eigenvalue weighted by Gasteiger charge is 2.15. The predicted molar refractivity (Wildman–Crippen MR) is 91.6 cm³/mol. The molecule has 1 aliphatic rings. The number of hydrogen-bond donors (Lipinski definition) is 2. The van der Waals surface area contributed by atoms with Crippen LogP contribution < -0.4 is 15.4 Å². The van der Waals surface area contributed by atoms with Gasteiger partial charge in [-0.2, -0.15) is 5.10 Å². The van der Waals surface area contributed by atoms with Crippen molar-refractivity contribution in [3.8, 4) is 5.88 Å². The van der Waals surface area contributed by atoms with Crippen LogP contribution in [0.5, 0.6) is 5.88 Å². The fourth-order valence-electron chi connectivity index (χ4n) is 2.66. The second-order valence-electron chi connectivity index (χ2n) is 5.90. The second kappa shape index (κ2) is 6.04. The van der Waals surface area contributed by atoms with E-state index in [1.807, 2.05) is 13.1 Å². The van der Waals surface area contributed by atoms with Gasteiger partial charge in [-0.15, -0.1) is 0 Å². The summed E-state index contributed by atoms with van der Waals surface area (Å²) in [5.41, 5.74) is 2.84. The van der Waals surface area contributed by atoms with Crippen molar-refractivity contribution in [2.75, 3.05) is 11.9 Å². The highest BCUT2D eigenvalue weighted by molar-refractivity contribution is 5.73. The molecular formula is C17H17FN6O. The van der Waals surface area contributed by atoms with Gasteiger partial charge in [-0.3, -0.25) is 0 Å². The molecule has 1 unspecified atom stereocenters. The van der Waals surface area contributed by atoms with E-state index >= 15 is 0 Å². The zero-order valence-corrected chi connectivity index (χ0v) is 13.7. The molecule has 2 N–H and O–H groups in total. The van der Waals surface area contributed by atoms with Crippen molar-refractivity contribution in [1.29, 1.82) is 0 Å². The van der Waals surface area contributed by atoms with Crippen LogP contribution in [0.4, 0.5) is 10.2 Å². The third-order valence-corrected chi connectivity index (χ3v) is 3.96. The maximum Gasteiger partial charge on any atom is 0.218 e. The van der Waals surface area contributed by atoms with E-state index in [4.69, 9.17) is 4.74 Å². The molecule has 0 aliphatic carbocycles. The third-order valence-electron chi connectivity index (χ3n) is 3.96. The molecule has 0 amide bonds. The number of halogens is 1. The Morgan fingerprint density at radius 2 is 2.24 bits per heavy atom. The Morgan fingerprint density at radius 3 is 3.12 bits per heavy atom. The Morgan fingerprint density at radius 1 is 1.36 bits per heavy atom. The summed E-state index contributed by atoms with van der Waals surface area (Å²) in [7, 11) is 0. The summed E-state index contributed by atoms with van der Waals surface area (Å²) in [6.45, 7) is 6.83. The highest BCUT2D eigenvalue weighted by Crippen LogP contribution is 2.22. The molecule has 0 spiro atoms. The van der Waals surface area contributed by atoms with Crippen LogP contribution in [-0.4, -0.2) is 32.2 Å². The normalized spacial score (nSPS) is 17.5. The number of rotatable bonds is 0. The van der Waals surface area contributed by atoms with Crippen molar-refractivity contribution >= 4 is 17.2 Å². The summed E-state index contributed by atoms with van der Waals surface area (Å²) in [6, 6.07) is 3.21. The van der Waals surface area contributed by atoms with Crippen LogP contribution in [0, 0.1) is 5.82 Å². The molecule has 3 aromatic rings. The highest BCUT2D eigenvalue weighted by atomic mass is 19.1. The van der Waals surface area contributed by atoms with Crippen LogP contribution in [0.3, 0.4) is 0 Å². The largest absolute Gasteiger partial charge is 0.473 e. The number of pyridine rings is 1. The molecule has 3 aromatic heterocycles. The van der Waals surface area contributed by atoms with Crippen LogP contribution in [-0.2, 0) is 6.54 Å². The molecule has 7 nitrogen and oxygen atoms in total. The molecule has 8 heteroatoms. The number of nitrogens with zero attached hydrogens (tertiary/aromatic N) is 4. The van der Waals surface area contributed by atoms with Gasteiger partial charge in [0.05, 0.1) is 24.5 Å². The molecule has 4 heterocycles. The van der Waals surface area contributed by atoms with Crippen LogP contribution >= 0.6 is 0 Å². The first-order valence-corrected chi connectivity index (χ1v) is 7.92. The van der Waals surface area contributed by atoms with Crippen molar-refractivity contribution in [2.45, 2.75) is 19.6 Å². The maximum atomic E-state index is 13.6. The molecule has 4 rings (SSSR count). The summed E-state index contributed by atoms with van der Waals surface area (Å²) >= 11 is 0. The van der Waals surface area contributed by atoms with Gasteiger partial charge in [0.1, 0.15) is 17.7 Å². The monoisotopic (exact) mass is 340 g/mol. The summed E-state index contributed by atoms with van der Waals surface area (Å²) < 4.78 is 21.1. The number of nitrogens with one attached hydrogen (secondary N) is 2. The van der Waals surface area contributed by atoms with Crippen molar-refractivity contribution in [3.05, 3.63) is 54.2 Å². The summed E-state index contributed by atoms with van der Waals surface area (Å²) in [5, 5.41) is 10.7. The van der Waals surface area contributed by atoms with Crippen LogP contribution in [0.2, 0.25) is 0 Å². The minimum Gasteiger partial charge on any atom is -0.473 e. The number of ether oxygens (including phenoxy) is 1. The molecule has 25 heavy (non-hydrogen) atoms. The van der Waals surface area contributed by atoms with Gasteiger partial charge < -0.3 is 15.4 Å². The summed E-state index contributed by atoms with van der Waals surface area (Å²) in [6.07, 6.45) is 4.50. The standard InChI is InChI=1S/C17H17FN6O/c1-10-6-19-11(2)14-9-22-24-4-3-15(23-16(14)24)20-7-12-5-13(18)8-21-17(12)25-10/h3-5,8-10,19H,2,6-7H2,1H3,(H,20,23). The number of fused-ring (bicyclic) bond motifs is 2. The average Bonchev–Trinajstić information content (AvgIpc) is 3.02.